The molecule has 0 atom stereocenters. The van der Waals surface area contributed by atoms with E-state index in [9.17, 15) is 4.79 Å². The van der Waals surface area contributed by atoms with Gasteiger partial charge in [0.05, 0.1) is 29.2 Å². The lowest BCUT2D eigenvalue weighted by atomic mass is 10.1. The van der Waals surface area contributed by atoms with Crippen LogP contribution in [0.2, 0.25) is 5.02 Å². The number of nitrogens with zero attached hydrogens (tertiary/aromatic N) is 3. The van der Waals surface area contributed by atoms with Crippen LogP contribution in [0.4, 0.5) is 0 Å². The molecule has 21 heavy (non-hydrogen) atoms. The van der Waals surface area contributed by atoms with E-state index < -0.39 is 0 Å². The van der Waals surface area contributed by atoms with Crippen molar-refractivity contribution in [3.63, 3.8) is 0 Å². The van der Waals surface area contributed by atoms with Gasteiger partial charge in [0.2, 0.25) is 0 Å². The van der Waals surface area contributed by atoms with E-state index in [1.165, 1.54) is 0 Å². The molecule has 0 radical (unpaired) electrons. The minimum atomic E-state index is -0.0865. The molecule has 1 heterocycles. The zero-order chi connectivity index (χ0) is 15.0. The van der Waals surface area contributed by atoms with Crippen LogP contribution in [0, 0.1) is 11.3 Å². The number of hydrogen-bond acceptors (Lipinski definition) is 2. The molecule has 0 spiro atoms. The Bertz CT molecular complexity index is 931. The highest BCUT2D eigenvalue weighted by Gasteiger charge is 2.11. The van der Waals surface area contributed by atoms with Crippen LogP contribution in [0.15, 0.2) is 47.3 Å². The molecule has 1 aromatic heterocycles. The summed E-state index contributed by atoms with van der Waals surface area (Å²) in [6.45, 7) is 0.380. The minimum Gasteiger partial charge on any atom is -0.295 e. The second-order valence-corrected chi connectivity index (χ2v) is 5.24. The van der Waals surface area contributed by atoms with Crippen LogP contribution in [0.3, 0.4) is 0 Å². The van der Waals surface area contributed by atoms with Crippen LogP contribution < -0.4 is 5.69 Å². The highest BCUT2D eigenvalue weighted by atomic mass is 35.5. The van der Waals surface area contributed by atoms with Gasteiger partial charge < -0.3 is 0 Å². The molecule has 0 bridgehead atoms. The molecular weight excluding hydrogens is 286 g/mol. The van der Waals surface area contributed by atoms with Gasteiger partial charge >= 0.3 is 5.69 Å². The van der Waals surface area contributed by atoms with E-state index in [1.807, 2.05) is 30.3 Å². The Balaban J connectivity index is 2.13. The standard InChI is InChI=1S/C16H12ClN3O/c1-19-14-4-2-3-5-15(14)20(16(19)21)10-12-7-6-11(9-18)8-13(12)17/h2-8H,10H2,1H3. The number of halogens is 1. The fourth-order valence-electron chi connectivity index (χ4n) is 2.43. The number of rotatable bonds is 2. The second-order valence-electron chi connectivity index (χ2n) is 4.83. The molecule has 3 aromatic rings. The maximum absolute atomic E-state index is 12.4. The zero-order valence-corrected chi connectivity index (χ0v) is 12.1. The van der Waals surface area contributed by atoms with Gasteiger partial charge in [0.15, 0.2) is 0 Å². The summed E-state index contributed by atoms with van der Waals surface area (Å²) >= 11 is 6.20. The van der Waals surface area contributed by atoms with Crippen molar-refractivity contribution in [2.24, 2.45) is 7.05 Å². The van der Waals surface area contributed by atoms with Crippen molar-refractivity contribution in [2.45, 2.75) is 6.54 Å². The largest absolute Gasteiger partial charge is 0.329 e. The van der Waals surface area contributed by atoms with Gasteiger partial charge in [-0.2, -0.15) is 5.26 Å². The molecule has 0 saturated carbocycles. The molecule has 0 unspecified atom stereocenters. The number of aryl methyl sites for hydroxylation is 1. The van der Waals surface area contributed by atoms with Gasteiger partial charge in [0.1, 0.15) is 0 Å². The predicted molar refractivity (Wildman–Crippen MR) is 82.4 cm³/mol. The summed E-state index contributed by atoms with van der Waals surface area (Å²) in [5.41, 5.74) is 2.98. The molecule has 0 aliphatic heterocycles. The Hall–Kier alpha value is -2.51. The summed E-state index contributed by atoms with van der Waals surface area (Å²) < 4.78 is 3.30. The van der Waals surface area contributed by atoms with Gasteiger partial charge in [-0.15, -0.1) is 0 Å². The first kappa shape index (κ1) is 13.5. The van der Waals surface area contributed by atoms with Crippen molar-refractivity contribution in [3.05, 3.63) is 69.1 Å². The molecule has 0 saturated heterocycles. The Kier molecular flexibility index (Phi) is 3.28. The summed E-state index contributed by atoms with van der Waals surface area (Å²) in [7, 11) is 1.75. The van der Waals surface area contributed by atoms with Crippen molar-refractivity contribution in [1.29, 1.82) is 5.26 Å². The normalized spacial score (nSPS) is 10.7. The number of imidazole rings is 1. The molecule has 0 amide bonds. The first-order valence-electron chi connectivity index (χ1n) is 6.44. The van der Waals surface area contributed by atoms with E-state index in [1.54, 1.807) is 34.4 Å². The topological polar surface area (TPSA) is 50.7 Å². The first-order chi connectivity index (χ1) is 10.1. The van der Waals surface area contributed by atoms with Crippen LogP contribution in [0.5, 0.6) is 0 Å². The third-order valence-electron chi connectivity index (χ3n) is 3.56. The smallest absolute Gasteiger partial charge is 0.295 e. The second kappa shape index (κ2) is 5.12. The molecular formula is C16H12ClN3O. The summed E-state index contributed by atoms with van der Waals surface area (Å²) in [5.74, 6) is 0. The Morgan fingerprint density at radius 3 is 2.57 bits per heavy atom. The van der Waals surface area contributed by atoms with Gasteiger partial charge in [0, 0.05) is 12.1 Å². The number of para-hydroxylation sites is 2. The third kappa shape index (κ3) is 2.22. The van der Waals surface area contributed by atoms with Crippen LogP contribution in [-0.4, -0.2) is 9.13 Å². The summed E-state index contributed by atoms with van der Waals surface area (Å²) in [5, 5.41) is 9.36. The van der Waals surface area contributed by atoms with Crippen LogP contribution >= 0.6 is 11.6 Å². The highest BCUT2D eigenvalue weighted by molar-refractivity contribution is 6.31. The van der Waals surface area contributed by atoms with Crippen LogP contribution in [-0.2, 0) is 13.6 Å². The molecule has 2 aromatic carbocycles. The molecule has 0 fully saturated rings. The minimum absolute atomic E-state index is 0.0865. The highest BCUT2D eigenvalue weighted by Crippen LogP contribution is 2.20. The van der Waals surface area contributed by atoms with Crippen molar-refractivity contribution in [3.8, 4) is 6.07 Å². The Morgan fingerprint density at radius 2 is 1.90 bits per heavy atom. The number of fused-ring (bicyclic) bond motifs is 1. The third-order valence-corrected chi connectivity index (χ3v) is 3.91. The van der Waals surface area contributed by atoms with Crippen molar-refractivity contribution < 1.29 is 0 Å². The number of nitriles is 1. The monoisotopic (exact) mass is 297 g/mol. The quantitative estimate of drug-likeness (QED) is 0.730. The maximum atomic E-state index is 12.4. The average molecular weight is 298 g/mol. The fraction of sp³-hybridized carbons (Fsp3) is 0.125. The Labute approximate surface area is 126 Å². The van der Waals surface area contributed by atoms with Gasteiger partial charge in [-0.3, -0.25) is 9.13 Å². The molecule has 104 valence electrons. The van der Waals surface area contributed by atoms with E-state index in [0.29, 0.717) is 17.1 Å². The van der Waals surface area contributed by atoms with Crippen LogP contribution in [0.25, 0.3) is 11.0 Å². The molecule has 0 aliphatic rings. The van der Waals surface area contributed by atoms with E-state index in [4.69, 9.17) is 16.9 Å². The van der Waals surface area contributed by atoms with Gasteiger partial charge in [-0.25, -0.2) is 4.79 Å². The van der Waals surface area contributed by atoms with Crippen LogP contribution in [0.1, 0.15) is 11.1 Å². The van der Waals surface area contributed by atoms with Gasteiger partial charge in [-0.05, 0) is 29.8 Å². The van der Waals surface area contributed by atoms with Crippen molar-refractivity contribution >= 4 is 22.6 Å². The van der Waals surface area contributed by atoms with E-state index in [0.717, 1.165) is 16.6 Å². The van der Waals surface area contributed by atoms with Gasteiger partial charge in [-0.1, -0.05) is 29.8 Å². The molecule has 0 aliphatic carbocycles. The predicted octanol–water partition coefficient (Wildman–Crippen LogP) is 2.91. The summed E-state index contributed by atoms with van der Waals surface area (Å²) in [6, 6.07) is 14.8. The zero-order valence-electron chi connectivity index (χ0n) is 11.4. The SMILES string of the molecule is Cn1c(=O)n(Cc2ccc(C#N)cc2Cl)c2ccccc21. The molecule has 3 rings (SSSR count). The lowest BCUT2D eigenvalue weighted by molar-refractivity contribution is 0.736. The van der Waals surface area contributed by atoms with E-state index in [2.05, 4.69) is 0 Å². The average Bonchev–Trinajstić information content (AvgIpc) is 2.74. The summed E-state index contributed by atoms with van der Waals surface area (Å²) in [6.07, 6.45) is 0. The molecule has 4 nitrogen and oxygen atoms in total. The number of aromatic nitrogens is 2. The Morgan fingerprint density at radius 1 is 1.19 bits per heavy atom. The van der Waals surface area contributed by atoms with Crippen molar-refractivity contribution in [2.75, 3.05) is 0 Å². The van der Waals surface area contributed by atoms with E-state index >= 15 is 0 Å². The maximum Gasteiger partial charge on any atom is 0.329 e. The number of benzene rings is 2. The van der Waals surface area contributed by atoms with Crippen molar-refractivity contribution in [1.82, 2.24) is 9.13 Å². The lowest BCUT2D eigenvalue weighted by Gasteiger charge is -2.06. The molecule has 0 N–H and O–H groups in total. The molecule has 5 heteroatoms. The van der Waals surface area contributed by atoms with Gasteiger partial charge in [0.25, 0.3) is 0 Å². The summed E-state index contributed by atoms with van der Waals surface area (Å²) in [4.78, 5) is 12.4. The van der Waals surface area contributed by atoms with E-state index in [-0.39, 0.29) is 5.69 Å². The fourth-order valence-corrected chi connectivity index (χ4v) is 2.67. The number of hydrogen-bond donors (Lipinski definition) is 0. The lowest BCUT2D eigenvalue weighted by Crippen LogP contribution is -2.22. The first-order valence-corrected chi connectivity index (χ1v) is 6.82.